The predicted molar refractivity (Wildman–Crippen MR) is 67.3 cm³/mol. The fraction of sp³-hybridized carbons (Fsp3) is 0.417. The van der Waals surface area contributed by atoms with Gasteiger partial charge in [-0.3, -0.25) is 4.79 Å². The minimum Gasteiger partial charge on any atom is -0.391 e. The predicted octanol–water partition coefficient (Wildman–Crippen LogP) is 2.48. The molecular formula is C12H15BrFNO2. The summed E-state index contributed by atoms with van der Waals surface area (Å²) in [6, 6.07) is 4.52. The molecule has 5 heteroatoms. The number of benzene rings is 1. The van der Waals surface area contributed by atoms with Gasteiger partial charge in [-0.25, -0.2) is 4.39 Å². The van der Waals surface area contributed by atoms with E-state index >= 15 is 0 Å². The van der Waals surface area contributed by atoms with Crippen LogP contribution in [0.4, 0.5) is 4.39 Å². The molecule has 0 aliphatic heterocycles. The number of carbonyl (C=O) groups excluding carboxylic acids is 1. The highest BCUT2D eigenvalue weighted by molar-refractivity contribution is 9.10. The SMILES string of the molecule is CCCC(O)CNC(=O)c1cccc(Br)c1F. The second-order valence-electron chi connectivity index (χ2n) is 3.75. The first-order valence-corrected chi connectivity index (χ1v) is 6.25. The molecule has 94 valence electrons. The maximum absolute atomic E-state index is 13.6. The summed E-state index contributed by atoms with van der Waals surface area (Å²) in [5.41, 5.74) is -0.0249. The molecule has 1 aromatic carbocycles. The molecule has 0 saturated carbocycles. The monoisotopic (exact) mass is 303 g/mol. The summed E-state index contributed by atoms with van der Waals surface area (Å²) in [5, 5.41) is 12.0. The van der Waals surface area contributed by atoms with Gasteiger partial charge >= 0.3 is 0 Å². The van der Waals surface area contributed by atoms with Gasteiger partial charge in [-0.1, -0.05) is 19.4 Å². The van der Waals surface area contributed by atoms with E-state index in [0.717, 1.165) is 6.42 Å². The summed E-state index contributed by atoms with van der Waals surface area (Å²) >= 11 is 3.01. The number of aliphatic hydroxyl groups excluding tert-OH is 1. The zero-order chi connectivity index (χ0) is 12.8. The summed E-state index contributed by atoms with van der Waals surface area (Å²) in [6.45, 7) is 2.08. The van der Waals surface area contributed by atoms with Crippen molar-refractivity contribution < 1.29 is 14.3 Å². The summed E-state index contributed by atoms with van der Waals surface area (Å²) in [7, 11) is 0. The Morgan fingerprint density at radius 2 is 2.29 bits per heavy atom. The van der Waals surface area contributed by atoms with Gasteiger partial charge in [0.05, 0.1) is 16.1 Å². The van der Waals surface area contributed by atoms with Crippen LogP contribution in [0.15, 0.2) is 22.7 Å². The molecular weight excluding hydrogens is 289 g/mol. The van der Waals surface area contributed by atoms with Crippen LogP contribution in [-0.2, 0) is 0 Å². The van der Waals surface area contributed by atoms with E-state index in [2.05, 4.69) is 21.2 Å². The van der Waals surface area contributed by atoms with Gasteiger partial charge < -0.3 is 10.4 Å². The number of hydrogen-bond acceptors (Lipinski definition) is 2. The number of carbonyl (C=O) groups is 1. The summed E-state index contributed by atoms with van der Waals surface area (Å²) in [5.74, 6) is -1.10. The Kier molecular flexibility index (Phi) is 5.58. The Morgan fingerprint density at radius 1 is 1.59 bits per heavy atom. The summed E-state index contributed by atoms with van der Waals surface area (Å²) in [4.78, 5) is 11.6. The van der Waals surface area contributed by atoms with Crippen LogP contribution in [0.3, 0.4) is 0 Å². The lowest BCUT2D eigenvalue weighted by Crippen LogP contribution is -2.32. The van der Waals surface area contributed by atoms with E-state index in [4.69, 9.17) is 0 Å². The van der Waals surface area contributed by atoms with E-state index in [-0.39, 0.29) is 16.6 Å². The van der Waals surface area contributed by atoms with Crippen molar-refractivity contribution in [2.45, 2.75) is 25.9 Å². The second kappa shape index (κ2) is 6.71. The van der Waals surface area contributed by atoms with Crippen LogP contribution in [0.2, 0.25) is 0 Å². The topological polar surface area (TPSA) is 49.3 Å². The maximum Gasteiger partial charge on any atom is 0.254 e. The van der Waals surface area contributed by atoms with E-state index in [9.17, 15) is 14.3 Å². The zero-order valence-electron chi connectivity index (χ0n) is 9.54. The number of hydrogen-bond donors (Lipinski definition) is 2. The molecule has 0 aliphatic rings. The third kappa shape index (κ3) is 4.09. The van der Waals surface area contributed by atoms with Crippen molar-refractivity contribution in [3.05, 3.63) is 34.1 Å². The molecule has 0 bridgehead atoms. The number of rotatable bonds is 5. The molecule has 1 rings (SSSR count). The highest BCUT2D eigenvalue weighted by Crippen LogP contribution is 2.18. The largest absolute Gasteiger partial charge is 0.391 e. The first kappa shape index (κ1) is 14.1. The van der Waals surface area contributed by atoms with Crippen molar-refractivity contribution >= 4 is 21.8 Å². The lowest BCUT2D eigenvalue weighted by atomic mass is 10.2. The van der Waals surface area contributed by atoms with E-state index in [1.165, 1.54) is 12.1 Å². The molecule has 1 unspecified atom stereocenters. The molecule has 3 nitrogen and oxygen atoms in total. The third-order valence-corrected chi connectivity index (χ3v) is 2.93. The summed E-state index contributed by atoms with van der Waals surface area (Å²) < 4.78 is 13.8. The van der Waals surface area contributed by atoms with E-state index in [1.54, 1.807) is 6.07 Å². The Bertz CT molecular complexity index is 398. The van der Waals surface area contributed by atoms with Crippen molar-refractivity contribution in [1.29, 1.82) is 0 Å². The number of halogens is 2. The third-order valence-electron chi connectivity index (χ3n) is 2.32. The van der Waals surface area contributed by atoms with Gasteiger partial charge in [0, 0.05) is 6.54 Å². The molecule has 1 atom stereocenters. The van der Waals surface area contributed by atoms with Crippen LogP contribution >= 0.6 is 15.9 Å². The van der Waals surface area contributed by atoms with Crippen molar-refractivity contribution in [3.8, 4) is 0 Å². The van der Waals surface area contributed by atoms with Gasteiger partial charge in [-0.15, -0.1) is 0 Å². The average molecular weight is 304 g/mol. The lowest BCUT2D eigenvalue weighted by Gasteiger charge is -2.11. The molecule has 17 heavy (non-hydrogen) atoms. The van der Waals surface area contributed by atoms with Crippen molar-refractivity contribution in [3.63, 3.8) is 0 Å². The van der Waals surface area contributed by atoms with Gasteiger partial charge in [0.15, 0.2) is 0 Å². The Morgan fingerprint density at radius 3 is 2.94 bits per heavy atom. The number of amides is 1. The molecule has 0 aromatic heterocycles. The molecule has 0 spiro atoms. The second-order valence-corrected chi connectivity index (χ2v) is 4.61. The van der Waals surface area contributed by atoms with Crippen molar-refractivity contribution in [2.75, 3.05) is 6.54 Å². The van der Waals surface area contributed by atoms with E-state index < -0.39 is 17.8 Å². The molecule has 1 aromatic rings. The van der Waals surface area contributed by atoms with Crippen LogP contribution in [0, 0.1) is 5.82 Å². The molecule has 0 aliphatic carbocycles. The van der Waals surface area contributed by atoms with E-state index in [1.807, 2.05) is 6.92 Å². The van der Waals surface area contributed by atoms with Crippen LogP contribution < -0.4 is 5.32 Å². The number of nitrogens with one attached hydrogen (secondary N) is 1. The maximum atomic E-state index is 13.6. The van der Waals surface area contributed by atoms with Gasteiger partial charge in [0.2, 0.25) is 0 Å². The normalized spacial score (nSPS) is 12.2. The minimum atomic E-state index is -0.588. The molecule has 0 heterocycles. The van der Waals surface area contributed by atoms with E-state index in [0.29, 0.717) is 6.42 Å². The van der Waals surface area contributed by atoms with Gasteiger partial charge in [0.25, 0.3) is 5.91 Å². The molecule has 1 amide bonds. The smallest absolute Gasteiger partial charge is 0.254 e. The van der Waals surface area contributed by atoms with Crippen LogP contribution in [0.1, 0.15) is 30.1 Å². The fourth-order valence-electron chi connectivity index (χ4n) is 1.42. The minimum absolute atomic E-state index is 0.0249. The summed E-state index contributed by atoms with van der Waals surface area (Å²) in [6.07, 6.45) is 0.864. The van der Waals surface area contributed by atoms with Crippen molar-refractivity contribution in [2.24, 2.45) is 0 Å². The first-order valence-electron chi connectivity index (χ1n) is 5.46. The van der Waals surface area contributed by atoms with Crippen molar-refractivity contribution in [1.82, 2.24) is 5.32 Å². The molecule has 0 fully saturated rings. The standard InChI is InChI=1S/C12H15BrFNO2/c1-2-4-8(16)7-15-12(17)9-5-3-6-10(13)11(9)14/h3,5-6,8,16H,2,4,7H2,1H3,(H,15,17). The molecule has 0 saturated heterocycles. The van der Waals surface area contributed by atoms with Crippen LogP contribution in [-0.4, -0.2) is 23.7 Å². The fourth-order valence-corrected chi connectivity index (χ4v) is 1.79. The van der Waals surface area contributed by atoms with Crippen LogP contribution in [0.25, 0.3) is 0 Å². The number of aliphatic hydroxyl groups is 1. The highest BCUT2D eigenvalue weighted by atomic mass is 79.9. The highest BCUT2D eigenvalue weighted by Gasteiger charge is 2.14. The average Bonchev–Trinajstić information content (AvgIpc) is 2.30. The first-order chi connectivity index (χ1) is 8.06. The molecule has 0 radical (unpaired) electrons. The lowest BCUT2D eigenvalue weighted by molar-refractivity contribution is 0.0906. The van der Waals surface area contributed by atoms with Crippen LogP contribution in [0.5, 0.6) is 0 Å². The Hall–Kier alpha value is -0.940. The Balaban J connectivity index is 2.61. The Labute approximate surface area is 108 Å². The van der Waals surface area contributed by atoms with Gasteiger partial charge in [-0.2, -0.15) is 0 Å². The van der Waals surface area contributed by atoms with Gasteiger partial charge in [-0.05, 0) is 34.5 Å². The zero-order valence-corrected chi connectivity index (χ0v) is 11.1. The van der Waals surface area contributed by atoms with Gasteiger partial charge in [0.1, 0.15) is 5.82 Å². The molecule has 2 N–H and O–H groups in total. The quantitative estimate of drug-likeness (QED) is 0.878.